The van der Waals surface area contributed by atoms with Crippen LogP contribution in [0.1, 0.15) is 34.6 Å². The van der Waals surface area contributed by atoms with Gasteiger partial charge >= 0.3 is 0 Å². The van der Waals surface area contributed by atoms with E-state index in [4.69, 9.17) is 4.74 Å². The van der Waals surface area contributed by atoms with Gasteiger partial charge in [0, 0.05) is 37.5 Å². The van der Waals surface area contributed by atoms with Crippen LogP contribution in [0.5, 0.6) is 5.75 Å². The summed E-state index contributed by atoms with van der Waals surface area (Å²) < 4.78 is 34.2. The smallest absolute Gasteiger partial charge is 0.258 e. The fraction of sp³-hybridized carbons (Fsp3) is 0.321. The molecule has 2 aromatic carbocycles. The lowest BCUT2D eigenvalue weighted by Crippen LogP contribution is -2.50. The van der Waals surface area contributed by atoms with Gasteiger partial charge in [-0.2, -0.15) is 4.31 Å². The molecule has 39 heavy (non-hydrogen) atoms. The zero-order chi connectivity index (χ0) is 28.2. The minimum atomic E-state index is -3.81. The van der Waals surface area contributed by atoms with E-state index in [9.17, 15) is 23.1 Å². The van der Waals surface area contributed by atoms with Crippen molar-refractivity contribution >= 4 is 27.5 Å². The second-order valence-electron chi connectivity index (χ2n) is 9.59. The van der Waals surface area contributed by atoms with Gasteiger partial charge in [0.25, 0.3) is 11.8 Å². The second kappa shape index (κ2) is 11.9. The summed E-state index contributed by atoms with van der Waals surface area (Å²) in [5, 5.41) is 12.7. The zero-order valence-corrected chi connectivity index (χ0v) is 22.8. The van der Waals surface area contributed by atoms with Gasteiger partial charge in [0.2, 0.25) is 10.0 Å². The Labute approximate surface area is 228 Å². The Balaban J connectivity index is 1.73. The van der Waals surface area contributed by atoms with E-state index < -0.39 is 28.1 Å². The Morgan fingerprint density at radius 2 is 1.85 bits per heavy atom. The molecule has 3 atom stereocenters. The molecular formula is C28H32N4O6S. The van der Waals surface area contributed by atoms with Crippen molar-refractivity contribution in [1.82, 2.24) is 14.2 Å². The lowest BCUT2D eigenvalue weighted by atomic mass is 9.99. The number of fused-ring (bicyclic) bond motifs is 1. The molecule has 0 radical (unpaired) electrons. The van der Waals surface area contributed by atoms with Crippen LogP contribution in [0.3, 0.4) is 0 Å². The maximum absolute atomic E-state index is 13.6. The number of sulfonamides is 1. The van der Waals surface area contributed by atoms with Crippen LogP contribution in [0.25, 0.3) is 0 Å². The minimum absolute atomic E-state index is 0.0139. The number of carbonyl (C=O) groups excluding carboxylic acids is 2. The molecule has 2 amide bonds. The topological polar surface area (TPSA) is 129 Å². The van der Waals surface area contributed by atoms with Crippen LogP contribution in [-0.4, -0.2) is 78.4 Å². The molecule has 11 heteroatoms. The van der Waals surface area contributed by atoms with Gasteiger partial charge in [-0.3, -0.25) is 14.6 Å². The Kier molecular flexibility index (Phi) is 8.63. The molecule has 0 saturated heterocycles. The van der Waals surface area contributed by atoms with Crippen molar-refractivity contribution in [3.8, 4) is 5.75 Å². The van der Waals surface area contributed by atoms with E-state index in [1.54, 1.807) is 60.4 Å². The van der Waals surface area contributed by atoms with E-state index >= 15 is 0 Å². The molecule has 0 saturated carbocycles. The molecule has 1 aliphatic rings. The van der Waals surface area contributed by atoms with Gasteiger partial charge in [-0.05, 0) is 43.3 Å². The molecule has 2 N–H and O–H groups in total. The quantitative estimate of drug-likeness (QED) is 0.440. The first-order valence-corrected chi connectivity index (χ1v) is 14.0. The fourth-order valence-electron chi connectivity index (χ4n) is 4.38. The normalized spacial score (nSPS) is 18.5. The number of aliphatic hydroxyl groups is 1. The number of rotatable bonds is 8. The first-order valence-electron chi connectivity index (χ1n) is 12.6. The van der Waals surface area contributed by atoms with E-state index in [1.165, 1.54) is 35.9 Å². The van der Waals surface area contributed by atoms with Gasteiger partial charge in [-0.25, -0.2) is 8.42 Å². The van der Waals surface area contributed by atoms with Crippen molar-refractivity contribution in [3.63, 3.8) is 0 Å². The van der Waals surface area contributed by atoms with Gasteiger partial charge in [0.15, 0.2) is 5.75 Å². The third-order valence-electron chi connectivity index (χ3n) is 6.77. The minimum Gasteiger partial charge on any atom is -0.486 e. The Hall–Kier alpha value is -3.80. The number of hydrogen-bond donors (Lipinski definition) is 2. The van der Waals surface area contributed by atoms with Crippen LogP contribution in [0.2, 0.25) is 0 Å². The molecule has 0 unspecified atom stereocenters. The standard InChI is InChI=1S/C28H32N4O6S/c1-19-16-32(20(2)18-33)28(35)23-10-7-11-24(30-27(34)21-12-14-29-15-13-21)26(23)38-25(19)17-31(3)39(36,37)22-8-5-4-6-9-22/h4-15,19-20,25,33H,16-18H2,1-3H3,(H,30,34)/t19-,20-,25+/m0/s1. The van der Waals surface area contributed by atoms with E-state index in [0.717, 1.165) is 0 Å². The molecule has 0 fully saturated rings. The number of aliphatic hydroxyl groups excluding tert-OH is 1. The number of para-hydroxylation sites is 1. The Morgan fingerprint density at radius 1 is 1.15 bits per heavy atom. The summed E-state index contributed by atoms with van der Waals surface area (Å²) in [7, 11) is -2.33. The second-order valence-corrected chi connectivity index (χ2v) is 11.6. The third-order valence-corrected chi connectivity index (χ3v) is 8.61. The predicted octanol–water partition coefficient (Wildman–Crippen LogP) is 2.87. The molecule has 10 nitrogen and oxygen atoms in total. The number of nitrogens with one attached hydrogen (secondary N) is 1. The number of anilines is 1. The predicted molar refractivity (Wildman–Crippen MR) is 146 cm³/mol. The summed E-state index contributed by atoms with van der Waals surface area (Å²) in [4.78, 5) is 32.2. The number of amides is 2. The molecule has 0 bridgehead atoms. The third kappa shape index (κ3) is 6.11. The van der Waals surface area contributed by atoms with E-state index in [0.29, 0.717) is 5.56 Å². The van der Waals surface area contributed by atoms with E-state index in [-0.39, 0.29) is 53.4 Å². The highest BCUT2D eigenvalue weighted by Gasteiger charge is 2.36. The van der Waals surface area contributed by atoms with Crippen molar-refractivity contribution in [2.45, 2.75) is 30.9 Å². The molecule has 1 aromatic heterocycles. The lowest BCUT2D eigenvalue weighted by Gasteiger charge is -2.38. The van der Waals surface area contributed by atoms with Crippen LogP contribution in [-0.2, 0) is 10.0 Å². The van der Waals surface area contributed by atoms with Crippen LogP contribution >= 0.6 is 0 Å². The van der Waals surface area contributed by atoms with Gasteiger partial charge in [0.05, 0.1) is 35.3 Å². The average Bonchev–Trinajstić information content (AvgIpc) is 2.95. The fourth-order valence-corrected chi connectivity index (χ4v) is 5.59. The largest absolute Gasteiger partial charge is 0.486 e. The number of hydrogen-bond acceptors (Lipinski definition) is 7. The summed E-state index contributed by atoms with van der Waals surface area (Å²) in [6.45, 7) is 3.57. The van der Waals surface area contributed by atoms with Crippen molar-refractivity contribution < 1.29 is 27.9 Å². The number of pyridine rings is 1. The van der Waals surface area contributed by atoms with Crippen LogP contribution in [0.15, 0.2) is 78.0 Å². The number of benzene rings is 2. The number of likely N-dealkylation sites (N-methyl/N-ethyl adjacent to an activating group) is 1. The number of nitrogens with zero attached hydrogens (tertiary/aromatic N) is 3. The molecule has 0 aliphatic carbocycles. The Morgan fingerprint density at radius 3 is 2.51 bits per heavy atom. The first kappa shape index (κ1) is 28.2. The Bertz CT molecular complexity index is 1420. The number of carbonyl (C=O) groups is 2. The summed E-state index contributed by atoms with van der Waals surface area (Å²) in [5.74, 6) is -0.962. The zero-order valence-electron chi connectivity index (χ0n) is 22.0. The van der Waals surface area contributed by atoms with Gasteiger partial charge in [-0.15, -0.1) is 0 Å². The molecule has 0 spiro atoms. The highest BCUT2D eigenvalue weighted by atomic mass is 32.2. The monoisotopic (exact) mass is 552 g/mol. The number of aromatic nitrogens is 1. The summed E-state index contributed by atoms with van der Waals surface area (Å²) >= 11 is 0. The number of ether oxygens (including phenoxy) is 1. The summed E-state index contributed by atoms with van der Waals surface area (Å²) in [6, 6.07) is 15.6. The SMILES string of the molecule is C[C@H]1CN([C@@H](C)CO)C(=O)c2cccc(NC(=O)c3ccncc3)c2O[C@@H]1CN(C)S(=O)(=O)c1ccccc1. The van der Waals surface area contributed by atoms with Crippen molar-refractivity contribution in [3.05, 3.63) is 84.2 Å². The van der Waals surface area contributed by atoms with Gasteiger partial charge in [0.1, 0.15) is 6.10 Å². The molecule has 206 valence electrons. The molecule has 1 aliphatic heterocycles. The molecule has 4 rings (SSSR count). The highest BCUT2D eigenvalue weighted by molar-refractivity contribution is 7.89. The van der Waals surface area contributed by atoms with Gasteiger partial charge < -0.3 is 20.1 Å². The lowest BCUT2D eigenvalue weighted by molar-refractivity contribution is 0.0388. The van der Waals surface area contributed by atoms with Crippen molar-refractivity contribution in [1.29, 1.82) is 0 Å². The maximum atomic E-state index is 13.6. The van der Waals surface area contributed by atoms with Crippen LogP contribution in [0.4, 0.5) is 5.69 Å². The van der Waals surface area contributed by atoms with Crippen molar-refractivity contribution in [2.24, 2.45) is 5.92 Å². The summed E-state index contributed by atoms with van der Waals surface area (Å²) in [6.07, 6.45) is 2.31. The van der Waals surface area contributed by atoms with Crippen LogP contribution in [0, 0.1) is 5.92 Å². The maximum Gasteiger partial charge on any atom is 0.258 e. The summed E-state index contributed by atoms with van der Waals surface area (Å²) in [5.41, 5.74) is 0.842. The van der Waals surface area contributed by atoms with Crippen molar-refractivity contribution in [2.75, 3.05) is 32.1 Å². The molecular weight excluding hydrogens is 520 g/mol. The van der Waals surface area contributed by atoms with Gasteiger partial charge in [-0.1, -0.05) is 31.2 Å². The average molecular weight is 553 g/mol. The first-order chi connectivity index (χ1) is 18.6. The molecule has 3 aromatic rings. The highest BCUT2D eigenvalue weighted by Crippen LogP contribution is 2.35. The van der Waals surface area contributed by atoms with E-state index in [2.05, 4.69) is 10.3 Å². The van der Waals surface area contributed by atoms with E-state index in [1.807, 2.05) is 6.92 Å². The van der Waals surface area contributed by atoms with Crippen LogP contribution < -0.4 is 10.1 Å². The molecule has 2 heterocycles.